The number of nitrogens with two attached hydrogens (primary N) is 1. The summed E-state index contributed by atoms with van der Waals surface area (Å²) in [4.78, 5) is 28.7. The number of fused-ring (bicyclic) bond motifs is 1. The molecule has 3 aromatic heterocycles. The Hall–Kier alpha value is -3.73. The molecule has 0 aliphatic carbocycles. The second-order valence-corrected chi connectivity index (χ2v) is 10.2. The molecule has 0 radical (unpaired) electrons. The topological polar surface area (TPSA) is 89.9 Å². The van der Waals surface area contributed by atoms with Gasteiger partial charge in [0.05, 0.1) is 28.0 Å². The molecule has 0 saturated carbocycles. The summed E-state index contributed by atoms with van der Waals surface area (Å²) in [6.45, 7) is 6.76. The number of hydrogen-bond donors (Lipinski definition) is 1. The first-order valence-corrected chi connectivity index (χ1v) is 12.9. The molecule has 0 spiro atoms. The van der Waals surface area contributed by atoms with Crippen LogP contribution in [0.25, 0.3) is 28.0 Å². The zero-order chi connectivity index (χ0) is 28.2. The molecule has 1 fully saturated rings. The maximum Gasteiger partial charge on any atom is 0.355 e. The standard InChI is InChI=1S/C27H25ClF4N6O/c1-12(2)22-24(13(3)7-8-34-22)38-26-14(25(36-27(38)39)37-9-5-4-6-10-37)11-15(29)23(35-26)16-18(30)17(28)19(31)20(32)21(16)33/h7-8,11-12H,4-6,9-10,33H2,1-3H3. The van der Waals surface area contributed by atoms with Crippen molar-refractivity contribution in [2.75, 3.05) is 23.7 Å². The molecule has 5 rings (SSSR count). The lowest BCUT2D eigenvalue weighted by atomic mass is 10.0. The average molecular weight is 561 g/mol. The minimum absolute atomic E-state index is 0.0652. The van der Waals surface area contributed by atoms with Crippen LogP contribution in [0.15, 0.2) is 23.1 Å². The Kier molecular flexibility index (Phi) is 6.96. The number of nitrogen functional groups attached to an aromatic ring is 1. The number of hydrogen-bond acceptors (Lipinski definition) is 6. The van der Waals surface area contributed by atoms with Gasteiger partial charge in [-0.3, -0.25) is 4.98 Å². The number of aryl methyl sites for hydroxylation is 1. The molecule has 204 valence electrons. The van der Waals surface area contributed by atoms with Gasteiger partial charge in [0.25, 0.3) is 0 Å². The monoisotopic (exact) mass is 560 g/mol. The molecule has 4 aromatic rings. The summed E-state index contributed by atoms with van der Waals surface area (Å²) in [5.74, 6) is -5.78. The second kappa shape index (κ2) is 10.1. The Balaban J connectivity index is 1.94. The van der Waals surface area contributed by atoms with E-state index in [1.807, 2.05) is 18.7 Å². The van der Waals surface area contributed by atoms with Gasteiger partial charge in [-0.1, -0.05) is 25.4 Å². The predicted molar refractivity (Wildman–Crippen MR) is 143 cm³/mol. The first-order chi connectivity index (χ1) is 18.5. The minimum Gasteiger partial charge on any atom is -0.396 e. The summed E-state index contributed by atoms with van der Waals surface area (Å²) in [5, 5.41) is -1.01. The molecule has 4 heterocycles. The Bertz CT molecular complexity index is 1660. The van der Waals surface area contributed by atoms with E-state index in [9.17, 15) is 13.6 Å². The summed E-state index contributed by atoms with van der Waals surface area (Å²) >= 11 is 5.66. The van der Waals surface area contributed by atoms with Crippen molar-refractivity contribution in [1.82, 2.24) is 19.5 Å². The highest BCUT2D eigenvalue weighted by atomic mass is 35.5. The highest BCUT2D eigenvalue weighted by molar-refractivity contribution is 6.31. The highest BCUT2D eigenvalue weighted by Crippen LogP contribution is 2.39. The fourth-order valence-corrected chi connectivity index (χ4v) is 5.17. The van der Waals surface area contributed by atoms with Crippen LogP contribution in [-0.2, 0) is 0 Å². The third-order valence-corrected chi connectivity index (χ3v) is 7.25. The van der Waals surface area contributed by atoms with Crippen molar-refractivity contribution in [3.8, 4) is 16.9 Å². The van der Waals surface area contributed by atoms with Gasteiger partial charge < -0.3 is 10.6 Å². The van der Waals surface area contributed by atoms with E-state index < -0.39 is 50.9 Å². The second-order valence-electron chi connectivity index (χ2n) is 9.85. The van der Waals surface area contributed by atoms with Crippen LogP contribution in [0.2, 0.25) is 5.02 Å². The molecule has 0 bridgehead atoms. The van der Waals surface area contributed by atoms with Crippen LogP contribution in [0.3, 0.4) is 0 Å². The lowest BCUT2D eigenvalue weighted by molar-refractivity contribution is 0.499. The zero-order valence-electron chi connectivity index (χ0n) is 21.5. The summed E-state index contributed by atoms with van der Waals surface area (Å²) in [5.41, 5.74) is 3.96. The molecule has 12 heteroatoms. The maximum absolute atomic E-state index is 15.7. The van der Waals surface area contributed by atoms with Gasteiger partial charge in [0.1, 0.15) is 16.5 Å². The van der Waals surface area contributed by atoms with E-state index in [-0.39, 0.29) is 22.8 Å². The number of anilines is 2. The van der Waals surface area contributed by atoms with E-state index in [0.29, 0.717) is 30.0 Å². The average Bonchev–Trinajstić information content (AvgIpc) is 2.92. The van der Waals surface area contributed by atoms with E-state index in [2.05, 4.69) is 15.0 Å². The van der Waals surface area contributed by atoms with Gasteiger partial charge in [0.2, 0.25) is 0 Å². The molecule has 1 aliphatic heterocycles. The largest absolute Gasteiger partial charge is 0.396 e. The van der Waals surface area contributed by atoms with Crippen LogP contribution in [0.5, 0.6) is 0 Å². The SMILES string of the molecule is Cc1ccnc(C(C)C)c1-n1c(=O)nc(N2CCCCC2)c2cc(F)c(-c3c(N)c(F)c(F)c(Cl)c3F)nc21. The quantitative estimate of drug-likeness (QED) is 0.141. The Morgan fingerprint density at radius 3 is 2.38 bits per heavy atom. The van der Waals surface area contributed by atoms with Crippen molar-refractivity contribution in [3.63, 3.8) is 0 Å². The number of nitrogens with zero attached hydrogens (tertiary/aromatic N) is 5. The van der Waals surface area contributed by atoms with Crippen molar-refractivity contribution in [1.29, 1.82) is 0 Å². The van der Waals surface area contributed by atoms with Crippen molar-refractivity contribution >= 4 is 34.1 Å². The van der Waals surface area contributed by atoms with Crippen LogP contribution in [0.1, 0.15) is 50.3 Å². The van der Waals surface area contributed by atoms with E-state index >= 15 is 8.78 Å². The number of aromatic nitrogens is 4. The Morgan fingerprint density at radius 1 is 1.03 bits per heavy atom. The summed E-state index contributed by atoms with van der Waals surface area (Å²) in [6, 6.07) is 2.76. The van der Waals surface area contributed by atoms with Crippen LogP contribution < -0.4 is 16.3 Å². The molecule has 0 amide bonds. The van der Waals surface area contributed by atoms with Crippen LogP contribution in [0, 0.1) is 30.2 Å². The fraction of sp³-hybridized carbons (Fsp3) is 0.333. The van der Waals surface area contributed by atoms with Crippen LogP contribution in [0.4, 0.5) is 29.1 Å². The normalized spacial score (nSPS) is 14.0. The van der Waals surface area contributed by atoms with Crippen molar-refractivity contribution in [3.05, 3.63) is 68.4 Å². The van der Waals surface area contributed by atoms with Gasteiger partial charge in [-0.05, 0) is 49.8 Å². The van der Waals surface area contributed by atoms with Crippen LogP contribution >= 0.6 is 11.6 Å². The molecule has 7 nitrogen and oxygen atoms in total. The van der Waals surface area contributed by atoms with E-state index in [0.717, 1.165) is 25.3 Å². The van der Waals surface area contributed by atoms with Gasteiger partial charge in [-0.2, -0.15) is 4.98 Å². The molecular formula is C27H25ClF4N6O. The minimum atomic E-state index is -1.70. The third kappa shape index (κ3) is 4.38. The Labute approximate surface area is 226 Å². The first-order valence-electron chi connectivity index (χ1n) is 12.5. The predicted octanol–water partition coefficient (Wildman–Crippen LogP) is 6.06. The highest BCUT2D eigenvalue weighted by Gasteiger charge is 2.29. The smallest absolute Gasteiger partial charge is 0.355 e. The molecule has 2 N–H and O–H groups in total. The van der Waals surface area contributed by atoms with Crippen molar-refractivity contribution in [2.24, 2.45) is 0 Å². The lowest BCUT2D eigenvalue weighted by Crippen LogP contribution is -2.34. The third-order valence-electron chi connectivity index (χ3n) is 6.92. The maximum atomic E-state index is 15.7. The molecule has 1 aliphatic rings. The number of rotatable bonds is 4. The summed E-state index contributed by atoms with van der Waals surface area (Å²) in [7, 11) is 0. The molecule has 39 heavy (non-hydrogen) atoms. The summed E-state index contributed by atoms with van der Waals surface area (Å²) < 4.78 is 60.6. The zero-order valence-corrected chi connectivity index (χ0v) is 22.2. The number of pyridine rings is 2. The molecule has 1 saturated heterocycles. The first kappa shape index (κ1) is 26.9. The number of halogens is 5. The van der Waals surface area contributed by atoms with Gasteiger partial charge in [-0.15, -0.1) is 0 Å². The van der Waals surface area contributed by atoms with E-state index in [1.165, 1.54) is 4.57 Å². The molecule has 0 atom stereocenters. The molecular weight excluding hydrogens is 536 g/mol. The van der Waals surface area contributed by atoms with Gasteiger partial charge in [0.15, 0.2) is 28.9 Å². The van der Waals surface area contributed by atoms with Gasteiger partial charge in [-0.25, -0.2) is 31.9 Å². The number of benzene rings is 1. The number of piperidine rings is 1. The van der Waals surface area contributed by atoms with Crippen molar-refractivity contribution < 1.29 is 17.6 Å². The summed E-state index contributed by atoms with van der Waals surface area (Å²) in [6.07, 6.45) is 4.32. The van der Waals surface area contributed by atoms with Crippen molar-refractivity contribution in [2.45, 2.75) is 46.0 Å². The Morgan fingerprint density at radius 2 is 1.72 bits per heavy atom. The van der Waals surface area contributed by atoms with E-state index in [4.69, 9.17) is 17.3 Å². The van der Waals surface area contributed by atoms with E-state index in [1.54, 1.807) is 19.2 Å². The fourth-order valence-electron chi connectivity index (χ4n) is 4.99. The van der Waals surface area contributed by atoms with Gasteiger partial charge in [0, 0.05) is 19.3 Å². The lowest BCUT2D eigenvalue weighted by Gasteiger charge is -2.29. The molecule has 1 aromatic carbocycles. The van der Waals surface area contributed by atoms with Crippen LogP contribution in [-0.4, -0.2) is 32.6 Å². The van der Waals surface area contributed by atoms with Gasteiger partial charge >= 0.3 is 5.69 Å². The molecule has 0 unspecified atom stereocenters.